The molecule has 1 heterocycles. The summed E-state index contributed by atoms with van der Waals surface area (Å²) in [5.41, 5.74) is 4.09. The highest BCUT2D eigenvalue weighted by Gasteiger charge is 1.93. The highest BCUT2D eigenvalue weighted by molar-refractivity contribution is 7.13. The van der Waals surface area contributed by atoms with E-state index in [2.05, 4.69) is 10.5 Å². The summed E-state index contributed by atoms with van der Waals surface area (Å²) in [5.74, 6) is 4.82. The second-order valence-electron chi connectivity index (χ2n) is 2.29. The van der Waals surface area contributed by atoms with Crippen LogP contribution in [-0.2, 0) is 0 Å². The molecule has 13 heavy (non-hydrogen) atoms. The van der Waals surface area contributed by atoms with Crippen molar-refractivity contribution in [2.24, 2.45) is 10.9 Å². The van der Waals surface area contributed by atoms with Gasteiger partial charge in [0.2, 0.25) is 0 Å². The molecule has 0 aliphatic heterocycles. The number of hydrogen-bond acceptors (Lipinski definition) is 4. The Bertz CT molecular complexity index is 320. The predicted molar refractivity (Wildman–Crippen MR) is 52.5 cm³/mol. The van der Waals surface area contributed by atoms with E-state index < -0.39 is 6.03 Å². The van der Waals surface area contributed by atoms with Gasteiger partial charge in [0.25, 0.3) is 0 Å². The summed E-state index contributed by atoms with van der Waals surface area (Å²) in [4.78, 5) is 12.7. The van der Waals surface area contributed by atoms with Crippen molar-refractivity contribution in [3.8, 4) is 0 Å². The van der Waals surface area contributed by atoms with Gasteiger partial charge in [-0.05, 0) is 19.1 Å². The molecule has 0 spiro atoms. The molecular formula is C7H10N4OS. The van der Waals surface area contributed by atoms with Crippen LogP contribution in [0.3, 0.4) is 0 Å². The molecule has 5 nitrogen and oxygen atoms in total. The minimum absolute atomic E-state index is 0.537. The molecule has 0 saturated carbocycles. The van der Waals surface area contributed by atoms with Crippen LogP contribution in [0, 0.1) is 6.92 Å². The first kappa shape index (κ1) is 9.69. The van der Waals surface area contributed by atoms with Gasteiger partial charge in [-0.1, -0.05) is 0 Å². The normalized spacial score (nSPS) is 10.3. The van der Waals surface area contributed by atoms with E-state index in [0.29, 0.717) is 0 Å². The summed E-state index contributed by atoms with van der Waals surface area (Å²) in [6.07, 6.45) is 1.56. The van der Waals surface area contributed by atoms with E-state index in [1.807, 2.05) is 24.5 Å². The third-order valence-electron chi connectivity index (χ3n) is 1.25. The summed E-state index contributed by atoms with van der Waals surface area (Å²) in [6, 6.07) is 3.37. The number of carbonyl (C=O) groups excluding carboxylic acids is 1. The second kappa shape index (κ2) is 4.58. The Hall–Kier alpha value is -1.40. The third-order valence-corrected chi connectivity index (χ3v) is 2.19. The third kappa shape index (κ3) is 3.22. The molecule has 1 rings (SSSR count). The molecule has 1 aromatic rings. The van der Waals surface area contributed by atoms with E-state index in [9.17, 15) is 4.79 Å². The number of urea groups is 1. The number of nitrogens with two attached hydrogens (primary N) is 1. The van der Waals surface area contributed by atoms with Crippen molar-refractivity contribution in [3.05, 3.63) is 21.9 Å². The van der Waals surface area contributed by atoms with Crippen molar-refractivity contribution in [1.29, 1.82) is 0 Å². The Balaban J connectivity index is 2.45. The molecule has 0 fully saturated rings. The van der Waals surface area contributed by atoms with Crippen LogP contribution in [0.25, 0.3) is 0 Å². The molecule has 70 valence electrons. The van der Waals surface area contributed by atoms with E-state index in [-0.39, 0.29) is 0 Å². The maximum atomic E-state index is 10.5. The van der Waals surface area contributed by atoms with Crippen LogP contribution in [0.15, 0.2) is 17.2 Å². The Morgan fingerprint density at radius 1 is 1.69 bits per heavy atom. The van der Waals surface area contributed by atoms with Crippen LogP contribution in [-0.4, -0.2) is 12.2 Å². The van der Waals surface area contributed by atoms with Gasteiger partial charge in [-0.15, -0.1) is 11.3 Å². The van der Waals surface area contributed by atoms with E-state index in [1.165, 1.54) is 4.88 Å². The van der Waals surface area contributed by atoms with Gasteiger partial charge in [-0.3, -0.25) is 5.43 Å². The minimum atomic E-state index is -0.537. The van der Waals surface area contributed by atoms with Gasteiger partial charge < -0.3 is 0 Å². The van der Waals surface area contributed by atoms with Crippen molar-refractivity contribution in [3.63, 3.8) is 0 Å². The molecule has 0 aliphatic rings. The molecule has 6 heteroatoms. The second-order valence-corrected chi connectivity index (χ2v) is 3.61. The van der Waals surface area contributed by atoms with Crippen LogP contribution in [0.4, 0.5) is 4.79 Å². The molecule has 0 radical (unpaired) electrons. The Kier molecular flexibility index (Phi) is 3.41. The monoisotopic (exact) mass is 198 g/mol. The van der Waals surface area contributed by atoms with Gasteiger partial charge >= 0.3 is 6.03 Å². The Morgan fingerprint density at radius 2 is 2.46 bits per heavy atom. The van der Waals surface area contributed by atoms with E-state index in [1.54, 1.807) is 17.6 Å². The fraction of sp³-hybridized carbons (Fsp3) is 0.143. The first-order valence-corrected chi connectivity index (χ1v) is 4.40. The quantitative estimate of drug-likeness (QED) is 0.281. The zero-order valence-electron chi connectivity index (χ0n) is 7.07. The fourth-order valence-electron chi connectivity index (χ4n) is 0.710. The first-order chi connectivity index (χ1) is 6.22. The maximum absolute atomic E-state index is 10.5. The van der Waals surface area contributed by atoms with Gasteiger partial charge in [0.05, 0.1) is 6.21 Å². The summed E-state index contributed by atoms with van der Waals surface area (Å²) in [6.45, 7) is 2.00. The zero-order valence-corrected chi connectivity index (χ0v) is 7.89. The zero-order chi connectivity index (χ0) is 9.68. The smallest absolute Gasteiger partial charge is 0.274 e. The van der Waals surface area contributed by atoms with Crippen LogP contribution >= 0.6 is 11.3 Å². The molecule has 2 amide bonds. The molecule has 0 saturated heterocycles. The molecular weight excluding hydrogens is 188 g/mol. The van der Waals surface area contributed by atoms with E-state index >= 15 is 0 Å². The lowest BCUT2D eigenvalue weighted by atomic mass is 10.4. The van der Waals surface area contributed by atoms with Gasteiger partial charge in [-0.25, -0.2) is 16.1 Å². The predicted octanol–water partition coefficient (Wildman–Crippen LogP) is 0.563. The molecule has 0 unspecified atom stereocenters. The highest BCUT2D eigenvalue weighted by Crippen LogP contribution is 2.11. The molecule has 4 N–H and O–H groups in total. The maximum Gasteiger partial charge on any atom is 0.349 e. The van der Waals surface area contributed by atoms with E-state index in [4.69, 9.17) is 5.84 Å². The number of nitrogens with zero attached hydrogens (tertiary/aromatic N) is 1. The van der Waals surface area contributed by atoms with Crippen molar-refractivity contribution < 1.29 is 4.79 Å². The average molecular weight is 198 g/mol. The van der Waals surface area contributed by atoms with Crippen LogP contribution in [0.2, 0.25) is 0 Å². The van der Waals surface area contributed by atoms with Gasteiger partial charge in [0.15, 0.2) is 0 Å². The number of rotatable bonds is 2. The molecule has 0 bridgehead atoms. The number of nitrogens with one attached hydrogen (secondary N) is 2. The lowest BCUT2D eigenvalue weighted by Crippen LogP contribution is -2.37. The standard InChI is InChI=1S/C7H10N4OS/c1-5-2-3-6(13-5)4-9-11-7(12)10-8/h2-4H,8H2,1H3,(H2,10,11,12)/b9-4+. The molecule has 0 atom stereocenters. The number of amides is 2. The fourth-order valence-corrected chi connectivity index (χ4v) is 1.46. The van der Waals surface area contributed by atoms with E-state index in [0.717, 1.165) is 4.88 Å². The number of thiophene rings is 1. The topological polar surface area (TPSA) is 79.5 Å². The van der Waals surface area contributed by atoms with Gasteiger partial charge in [0.1, 0.15) is 0 Å². The Morgan fingerprint density at radius 3 is 3.00 bits per heavy atom. The number of hydrazone groups is 1. The highest BCUT2D eigenvalue weighted by atomic mass is 32.1. The minimum Gasteiger partial charge on any atom is -0.274 e. The molecule has 0 aromatic carbocycles. The molecule has 1 aromatic heterocycles. The van der Waals surface area contributed by atoms with Gasteiger partial charge in [0, 0.05) is 9.75 Å². The number of aryl methyl sites for hydroxylation is 1. The van der Waals surface area contributed by atoms with Crippen molar-refractivity contribution >= 4 is 23.6 Å². The SMILES string of the molecule is Cc1ccc(/C=N/NC(=O)NN)s1. The Labute approximate surface area is 79.6 Å². The lowest BCUT2D eigenvalue weighted by Gasteiger charge is -1.94. The summed E-state index contributed by atoms with van der Waals surface area (Å²) in [7, 11) is 0. The molecule has 0 aliphatic carbocycles. The van der Waals surface area contributed by atoms with Crippen LogP contribution in [0.1, 0.15) is 9.75 Å². The number of hydrogen-bond donors (Lipinski definition) is 3. The van der Waals surface area contributed by atoms with Crippen molar-refractivity contribution in [1.82, 2.24) is 10.9 Å². The lowest BCUT2D eigenvalue weighted by molar-refractivity contribution is 0.241. The summed E-state index contributed by atoms with van der Waals surface area (Å²) in [5, 5.41) is 3.67. The van der Waals surface area contributed by atoms with Crippen LogP contribution in [0.5, 0.6) is 0 Å². The average Bonchev–Trinajstić information content (AvgIpc) is 2.51. The van der Waals surface area contributed by atoms with Gasteiger partial charge in [-0.2, -0.15) is 5.10 Å². The summed E-state index contributed by atoms with van der Waals surface area (Å²) < 4.78 is 0. The van der Waals surface area contributed by atoms with Crippen molar-refractivity contribution in [2.45, 2.75) is 6.92 Å². The first-order valence-electron chi connectivity index (χ1n) is 3.58. The summed E-state index contributed by atoms with van der Waals surface area (Å²) >= 11 is 1.59. The number of carbonyl (C=O) groups is 1. The largest absolute Gasteiger partial charge is 0.349 e. The number of hydrazine groups is 1. The van der Waals surface area contributed by atoms with Crippen molar-refractivity contribution in [2.75, 3.05) is 0 Å². The van der Waals surface area contributed by atoms with Crippen LogP contribution < -0.4 is 16.7 Å².